The van der Waals surface area contributed by atoms with Crippen LogP contribution < -0.4 is 9.47 Å². The molecule has 1 aromatic carbocycles. The number of carboxylic acids is 1. The first-order valence-corrected chi connectivity index (χ1v) is 8.16. The van der Waals surface area contributed by atoms with Crippen LogP contribution in [0.2, 0.25) is 0 Å². The van der Waals surface area contributed by atoms with Gasteiger partial charge in [-0.25, -0.2) is 19.6 Å². The summed E-state index contributed by atoms with van der Waals surface area (Å²) in [7, 11) is 1.55. The average Bonchev–Trinajstić information content (AvgIpc) is 3.05. The fraction of sp³-hybridized carbons (Fsp3) is 0.412. The van der Waals surface area contributed by atoms with Gasteiger partial charge < -0.3 is 19.7 Å². The molecule has 2 atom stereocenters. The van der Waals surface area contributed by atoms with Crippen LogP contribution >= 0.6 is 0 Å². The van der Waals surface area contributed by atoms with Gasteiger partial charge >= 0.3 is 12.1 Å². The number of hydrogen-bond donors (Lipinski definition) is 2. The van der Waals surface area contributed by atoms with Gasteiger partial charge in [-0.15, -0.1) is 0 Å². The molecule has 1 aliphatic heterocycles. The maximum absolute atomic E-state index is 11.3. The van der Waals surface area contributed by atoms with Gasteiger partial charge in [0.15, 0.2) is 0 Å². The SMILES string of the molecule is CCc1nc2ccc(OC)cc2nc1O[C@@H]1C[C@@H](C(=O)O)N(C(=O)O)C1. The number of ether oxygens (including phenoxy) is 2. The molecule has 1 fully saturated rings. The van der Waals surface area contributed by atoms with Crippen LogP contribution in [0.25, 0.3) is 11.0 Å². The molecule has 1 aromatic heterocycles. The van der Waals surface area contributed by atoms with Crippen molar-refractivity contribution in [2.24, 2.45) is 0 Å². The van der Waals surface area contributed by atoms with Gasteiger partial charge in [-0.1, -0.05) is 6.92 Å². The lowest BCUT2D eigenvalue weighted by molar-refractivity contribution is -0.141. The number of methoxy groups -OCH3 is 1. The van der Waals surface area contributed by atoms with Crippen LogP contribution in [0.5, 0.6) is 11.6 Å². The topological polar surface area (TPSA) is 122 Å². The van der Waals surface area contributed by atoms with Crippen molar-refractivity contribution >= 4 is 23.1 Å². The van der Waals surface area contributed by atoms with Crippen LogP contribution in [0.4, 0.5) is 4.79 Å². The summed E-state index contributed by atoms with van der Waals surface area (Å²) >= 11 is 0. The minimum Gasteiger partial charge on any atom is -0.497 e. The highest BCUT2D eigenvalue weighted by molar-refractivity contribution is 5.80. The fourth-order valence-electron chi connectivity index (χ4n) is 2.99. The Morgan fingerprint density at radius 3 is 2.62 bits per heavy atom. The van der Waals surface area contributed by atoms with Gasteiger partial charge in [-0.05, 0) is 18.6 Å². The molecule has 3 rings (SSSR count). The van der Waals surface area contributed by atoms with E-state index in [4.69, 9.17) is 9.47 Å². The largest absolute Gasteiger partial charge is 0.497 e. The van der Waals surface area contributed by atoms with E-state index in [2.05, 4.69) is 9.97 Å². The van der Waals surface area contributed by atoms with Crippen molar-refractivity contribution in [2.45, 2.75) is 31.9 Å². The van der Waals surface area contributed by atoms with Crippen LogP contribution in [0, 0.1) is 0 Å². The zero-order valence-electron chi connectivity index (χ0n) is 14.4. The number of hydrogen-bond acceptors (Lipinski definition) is 6. The summed E-state index contributed by atoms with van der Waals surface area (Å²) in [5.41, 5.74) is 1.90. The van der Waals surface area contributed by atoms with Gasteiger partial charge in [-0.2, -0.15) is 0 Å². The number of aryl methyl sites for hydroxylation is 1. The lowest BCUT2D eigenvalue weighted by atomic mass is 10.2. The second-order valence-corrected chi connectivity index (χ2v) is 5.95. The Hall–Kier alpha value is -3.10. The molecule has 9 nitrogen and oxygen atoms in total. The molecule has 0 aliphatic carbocycles. The molecule has 0 saturated carbocycles. The Balaban J connectivity index is 1.90. The summed E-state index contributed by atoms with van der Waals surface area (Å²) in [5, 5.41) is 18.4. The maximum Gasteiger partial charge on any atom is 0.408 e. The van der Waals surface area contributed by atoms with E-state index in [1.807, 2.05) is 6.92 Å². The molecular weight excluding hydrogens is 342 g/mol. The van der Waals surface area contributed by atoms with Crippen molar-refractivity contribution in [3.05, 3.63) is 23.9 Å². The second kappa shape index (κ2) is 7.03. The first-order chi connectivity index (χ1) is 12.4. The number of likely N-dealkylation sites (tertiary alicyclic amines) is 1. The van der Waals surface area contributed by atoms with E-state index < -0.39 is 24.2 Å². The van der Waals surface area contributed by atoms with E-state index in [9.17, 15) is 19.8 Å². The van der Waals surface area contributed by atoms with Crippen molar-refractivity contribution in [1.29, 1.82) is 0 Å². The van der Waals surface area contributed by atoms with Crippen LogP contribution in [-0.4, -0.2) is 62.9 Å². The summed E-state index contributed by atoms with van der Waals surface area (Å²) in [6.07, 6.45) is -1.26. The van der Waals surface area contributed by atoms with Crippen LogP contribution in [0.1, 0.15) is 19.0 Å². The lowest BCUT2D eigenvalue weighted by Gasteiger charge is -2.17. The number of fused-ring (bicyclic) bond motifs is 1. The summed E-state index contributed by atoms with van der Waals surface area (Å²) in [5.74, 6) is -0.274. The molecule has 1 aliphatic rings. The monoisotopic (exact) mass is 361 g/mol. The Bertz CT molecular complexity index is 834. The predicted molar refractivity (Wildman–Crippen MR) is 90.7 cm³/mol. The number of carbonyl (C=O) groups is 2. The Morgan fingerprint density at radius 2 is 2.04 bits per heavy atom. The standard InChI is InChI=1S/C17H19N3O6/c1-3-11-15(19-13-6-9(25-2)4-5-12(13)18-11)26-10-7-14(16(21)22)20(8-10)17(23)24/h4-6,10,14H,3,7-8H2,1-2H3,(H,21,22)(H,23,24)/t10-,14+/m1/s1. The Labute approximate surface area is 149 Å². The van der Waals surface area contributed by atoms with Gasteiger partial charge in [0.05, 0.1) is 24.7 Å². The van der Waals surface area contributed by atoms with Gasteiger partial charge in [0.25, 0.3) is 0 Å². The van der Waals surface area contributed by atoms with Gasteiger partial charge in [0.2, 0.25) is 5.88 Å². The van der Waals surface area contributed by atoms with Crippen LogP contribution in [-0.2, 0) is 11.2 Å². The first-order valence-electron chi connectivity index (χ1n) is 8.16. The summed E-state index contributed by atoms with van der Waals surface area (Å²) in [4.78, 5) is 32.4. The zero-order chi connectivity index (χ0) is 18.8. The van der Waals surface area contributed by atoms with E-state index >= 15 is 0 Å². The molecule has 0 bridgehead atoms. The van der Waals surface area contributed by atoms with E-state index in [1.54, 1.807) is 25.3 Å². The van der Waals surface area contributed by atoms with E-state index in [0.29, 0.717) is 28.9 Å². The van der Waals surface area contributed by atoms with E-state index in [1.165, 1.54) is 0 Å². The molecular formula is C17H19N3O6. The van der Waals surface area contributed by atoms with E-state index in [0.717, 1.165) is 4.90 Å². The molecule has 2 heterocycles. The number of amides is 1. The van der Waals surface area contributed by atoms with Gasteiger partial charge in [-0.3, -0.25) is 4.90 Å². The molecule has 0 radical (unpaired) electrons. The summed E-state index contributed by atoms with van der Waals surface area (Å²) < 4.78 is 11.0. The fourth-order valence-corrected chi connectivity index (χ4v) is 2.99. The van der Waals surface area contributed by atoms with Crippen molar-refractivity contribution in [3.63, 3.8) is 0 Å². The van der Waals surface area contributed by atoms with Crippen molar-refractivity contribution < 1.29 is 29.3 Å². The Morgan fingerprint density at radius 1 is 1.27 bits per heavy atom. The summed E-state index contributed by atoms with van der Waals surface area (Å²) in [6.45, 7) is 1.87. The van der Waals surface area contributed by atoms with E-state index in [-0.39, 0.29) is 18.8 Å². The number of aromatic nitrogens is 2. The number of aliphatic carboxylic acids is 1. The third-order valence-corrected chi connectivity index (χ3v) is 4.31. The normalized spacial score (nSPS) is 19.5. The van der Waals surface area contributed by atoms with Crippen LogP contribution in [0.3, 0.4) is 0 Å². The molecule has 138 valence electrons. The number of benzene rings is 1. The van der Waals surface area contributed by atoms with Crippen molar-refractivity contribution in [3.8, 4) is 11.6 Å². The summed E-state index contributed by atoms with van der Waals surface area (Å²) in [6, 6.07) is 4.19. The molecule has 1 saturated heterocycles. The molecule has 0 spiro atoms. The third kappa shape index (κ3) is 3.32. The van der Waals surface area contributed by atoms with Gasteiger partial charge in [0, 0.05) is 12.5 Å². The molecule has 2 N–H and O–H groups in total. The Kier molecular flexibility index (Phi) is 4.79. The maximum atomic E-state index is 11.3. The highest BCUT2D eigenvalue weighted by Crippen LogP contribution is 2.27. The minimum atomic E-state index is -1.28. The van der Waals surface area contributed by atoms with Crippen molar-refractivity contribution in [1.82, 2.24) is 14.9 Å². The molecule has 9 heteroatoms. The highest BCUT2D eigenvalue weighted by atomic mass is 16.5. The average molecular weight is 361 g/mol. The minimum absolute atomic E-state index is 0.0344. The number of carboxylic acid groups (broad SMARTS) is 2. The predicted octanol–water partition coefficient (Wildman–Crippen LogP) is 1.79. The molecule has 0 unspecified atom stereocenters. The molecule has 2 aromatic rings. The van der Waals surface area contributed by atoms with Crippen molar-refractivity contribution in [2.75, 3.05) is 13.7 Å². The van der Waals surface area contributed by atoms with Gasteiger partial charge in [0.1, 0.15) is 23.6 Å². The third-order valence-electron chi connectivity index (χ3n) is 4.31. The number of rotatable bonds is 5. The smallest absolute Gasteiger partial charge is 0.408 e. The molecule has 26 heavy (non-hydrogen) atoms. The first kappa shape index (κ1) is 17.7. The second-order valence-electron chi connectivity index (χ2n) is 5.95. The highest BCUT2D eigenvalue weighted by Gasteiger charge is 2.41. The quantitative estimate of drug-likeness (QED) is 0.826. The number of nitrogens with zero attached hydrogens (tertiary/aromatic N) is 3. The lowest BCUT2D eigenvalue weighted by Crippen LogP contribution is -2.39. The van der Waals surface area contributed by atoms with Crippen LogP contribution in [0.15, 0.2) is 18.2 Å². The zero-order valence-corrected chi connectivity index (χ0v) is 14.4. The molecule has 1 amide bonds.